The number of hydrogen-bond acceptors (Lipinski definition) is 5. The lowest BCUT2D eigenvalue weighted by Gasteiger charge is -2.32. The molecule has 1 aromatic rings. The predicted molar refractivity (Wildman–Crippen MR) is 121 cm³/mol. The van der Waals surface area contributed by atoms with Crippen molar-refractivity contribution >= 4 is 31.2 Å². The van der Waals surface area contributed by atoms with Gasteiger partial charge in [-0.25, -0.2) is 0 Å². The van der Waals surface area contributed by atoms with E-state index in [9.17, 15) is 4.79 Å². The molecule has 4 nitrogen and oxygen atoms in total. The first kappa shape index (κ1) is 22.6. The van der Waals surface area contributed by atoms with E-state index in [4.69, 9.17) is 0 Å². The molecule has 1 amide bonds. The van der Waals surface area contributed by atoms with Gasteiger partial charge in [-0.1, -0.05) is 30.3 Å². The Morgan fingerprint density at radius 1 is 1.11 bits per heavy atom. The molecule has 1 saturated heterocycles. The minimum Gasteiger partial charge on any atom is -0.354 e. The number of thiol groups is 2. The van der Waals surface area contributed by atoms with Crippen LogP contribution in [0.4, 0.5) is 0 Å². The number of rotatable bonds is 12. The van der Waals surface area contributed by atoms with E-state index in [-0.39, 0.29) is 5.91 Å². The van der Waals surface area contributed by atoms with Crippen molar-refractivity contribution in [3.05, 3.63) is 35.9 Å². The molecule has 2 rings (SSSR count). The lowest BCUT2D eigenvalue weighted by molar-refractivity contribution is -0.122. The Bertz CT molecular complexity index is 521. The summed E-state index contributed by atoms with van der Waals surface area (Å²) in [5, 5.41) is 2.89. The fraction of sp³-hybridized carbons (Fsp3) is 0.667. The standard InChI is InChI=1S/C21H35N3OS2/c25-21(22-9-15-26)18-24(14-16-27)11-4-10-23-12-7-20(8-13-23)17-19-5-2-1-3-6-19/h1-3,5-6,20,26-27H,4,7-18H2,(H,22,25). The van der Waals surface area contributed by atoms with Gasteiger partial charge in [0.1, 0.15) is 0 Å². The molecule has 1 heterocycles. The van der Waals surface area contributed by atoms with Crippen LogP contribution in [-0.4, -0.2) is 73.0 Å². The van der Waals surface area contributed by atoms with Crippen molar-refractivity contribution < 1.29 is 4.79 Å². The van der Waals surface area contributed by atoms with Gasteiger partial charge in [-0.3, -0.25) is 9.69 Å². The maximum atomic E-state index is 11.9. The number of amides is 1. The van der Waals surface area contributed by atoms with Crippen LogP contribution in [0.15, 0.2) is 30.3 Å². The van der Waals surface area contributed by atoms with Crippen LogP contribution in [0.2, 0.25) is 0 Å². The van der Waals surface area contributed by atoms with Crippen LogP contribution in [0.3, 0.4) is 0 Å². The van der Waals surface area contributed by atoms with Crippen LogP contribution in [0.25, 0.3) is 0 Å². The van der Waals surface area contributed by atoms with E-state index < -0.39 is 0 Å². The molecule has 0 atom stereocenters. The lowest BCUT2D eigenvalue weighted by atomic mass is 9.90. The van der Waals surface area contributed by atoms with Crippen molar-refractivity contribution in [1.29, 1.82) is 0 Å². The quantitative estimate of drug-likeness (QED) is 0.465. The lowest BCUT2D eigenvalue weighted by Crippen LogP contribution is -2.41. The monoisotopic (exact) mass is 409 g/mol. The summed E-state index contributed by atoms with van der Waals surface area (Å²) in [6.45, 7) is 6.44. The van der Waals surface area contributed by atoms with Crippen molar-refractivity contribution in [1.82, 2.24) is 15.1 Å². The molecule has 0 saturated carbocycles. The Morgan fingerprint density at radius 3 is 2.52 bits per heavy atom. The van der Waals surface area contributed by atoms with E-state index in [0.717, 1.165) is 37.7 Å². The first-order valence-electron chi connectivity index (χ1n) is 10.2. The zero-order valence-electron chi connectivity index (χ0n) is 16.4. The average molecular weight is 410 g/mol. The molecule has 0 unspecified atom stereocenters. The van der Waals surface area contributed by atoms with Crippen molar-refractivity contribution in [3.63, 3.8) is 0 Å². The molecular formula is C21H35N3OS2. The Balaban J connectivity index is 1.62. The summed E-state index contributed by atoms with van der Waals surface area (Å²) in [6.07, 6.45) is 4.91. The molecule has 0 radical (unpaired) electrons. The van der Waals surface area contributed by atoms with E-state index in [0.29, 0.717) is 18.8 Å². The summed E-state index contributed by atoms with van der Waals surface area (Å²) in [6, 6.07) is 10.9. The molecule has 0 aromatic heterocycles. The molecule has 1 fully saturated rings. The SMILES string of the molecule is O=C(CN(CCS)CCCN1CCC(Cc2ccccc2)CC1)NCCS. The number of hydrogen-bond donors (Lipinski definition) is 3. The Hall–Kier alpha value is -0.690. The minimum atomic E-state index is 0.0903. The van der Waals surface area contributed by atoms with E-state index >= 15 is 0 Å². The Morgan fingerprint density at radius 2 is 1.85 bits per heavy atom. The maximum Gasteiger partial charge on any atom is 0.234 e. The second kappa shape index (κ2) is 13.5. The predicted octanol–water partition coefficient (Wildman–Crippen LogP) is 2.61. The summed E-state index contributed by atoms with van der Waals surface area (Å²) in [7, 11) is 0. The third-order valence-corrected chi connectivity index (χ3v) is 5.66. The summed E-state index contributed by atoms with van der Waals surface area (Å²) in [4.78, 5) is 16.7. The van der Waals surface area contributed by atoms with Gasteiger partial charge in [-0.15, -0.1) is 0 Å². The van der Waals surface area contributed by atoms with Gasteiger partial charge in [0.2, 0.25) is 5.91 Å². The normalized spacial score (nSPS) is 16.0. The first-order chi connectivity index (χ1) is 13.2. The maximum absolute atomic E-state index is 11.9. The number of piperidine rings is 1. The molecule has 0 aliphatic carbocycles. The molecule has 152 valence electrons. The second-order valence-electron chi connectivity index (χ2n) is 7.40. The summed E-state index contributed by atoms with van der Waals surface area (Å²) < 4.78 is 0. The van der Waals surface area contributed by atoms with Crippen molar-refractivity contribution in [2.75, 3.05) is 57.3 Å². The number of likely N-dealkylation sites (tertiary alicyclic amines) is 1. The molecule has 1 N–H and O–H groups in total. The van der Waals surface area contributed by atoms with Gasteiger partial charge in [0, 0.05) is 24.6 Å². The largest absolute Gasteiger partial charge is 0.354 e. The van der Waals surface area contributed by atoms with Crippen molar-refractivity contribution in [2.24, 2.45) is 5.92 Å². The van der Waals surface area contributed by atoms with Gasteiger partial charge in [-0.2, -0.15) is 25.3 Å². The molecule has 0 bridgehead atoms. The van der Waals surface area contributed by atoms with E-state index in [1.54, 1.807) is 0 Å². The van der Waals surface area contributed by atoms with Crippen LogP contribution in [-0.2, 0) is 11.2 Å². The summed E-state index contributed by atoms with van der Waals surface area (Å²) >= 11 is 8.46. The van der Waals surface area contributed by atoms with Crippen molar-refractivity contribution in [3.8, 4) is 0 Å². The smallest absolute Gasteiger partial charge is 0.234 e. The zero-order valence-corrected chi connectivity index (χ0v) is 18.1. The number of benzene rings is 1. The zero-order chi connectivity index (χ0) is 19.3. The van der Waals surface area contributed by atoms with E-state index in [2.05, 4.69) is 70.7 Å². The molecule has 1 aliphatic rings. The fourth-order valence-corrected chi connectivity index (χ4v) is 4.14. The third-order valence-electron chi connectivity index (χ3n) is 5.24. The highest BCUT2D eigenvalue weighted by molar-refractivity contribution is 7.80. The fourth-order valence-electron chi connectivity index (χ4n) is 3.75. The molecule has 27 heavy (non-hydrogen) atoms. The number of nitrogens with one attached hydrogen (secondary N) is 1. The third kappa shape index (κ3) is 9.37. The highest BCUT2D eigenvalue weighted by atomic mass is 32.1. The summed E-state index contributed by atoms with van der Waals surface area (Å²) in [5.74, 6) is 2.37. The van der Waals surface area contributed by atoms with Crippen LogP contribution in [0.5, 0.6) is 0 Å². The van der Waals surface area contributed by atoms with Gasteiger partial charge in [0.05, 0.1) is 6.54 Å². The number of nitrogens with zero attached hydrogens (tertiary/aromatic N) is 2. The molecular weight excluding hydrogens is 374 g/mol. The minimum absolute atomic E-state index is 0.0903. The van der Waals surface area contributed by atoms with Gasteiger partial charge in [0.25, 0.3) is 0 Å². The van der Waals surface area contributed by atoms with Crippen LogP contribution in [0, 0.1) is 5.92 Å². The average Bonchev–Trinajstić information content (AvgIpc) is 2.68. The van der Waals surface area contributed by atoms with Crippen LogP contribution in [0.1, 0.15) is 24.8 Å². The van der Waals surface area contributed by atoms with Crippen LogP contribution >= 0.6 is 25.3 Å². The van der Waals surface area contributed by atoms with Crippen molar-refractivity contribution in [2.45, 2.75) is 25.7 Å². The molecule has 6 heteroatoms. The number of carbonyl (C=O) groups is 1. The first-order valence-corrected chi connectivity index (χ1v) is 11.4. The second-order valence-corrected chi connectivity index (χ2v) is 8.30. The van der Waals surface area contributed by atoms with Gasteiger partial charge in [-0.05, 0) is 63.3 Å². The highest BCUT2D eigenvalue weighted by Gasteiger charge is 2.19. The van der Waals surface area contributed by atoms with Crippen LogP contribution < -0.4 is 5.32 Å². The van der Waals surface area contributed by atoms with Gasteiger partial charge >= 0.3 is 0 Å². The molecule has 0 spiro atoms. The topological polar surface area (TPSA) is 35.6 Å². The molecule has 1 aliphatic heterocycles. The Labute approximate surface area is 175 Å². The Kier molecular flexibility index (Phi) is 11.3. The summed E-state index contributed by atoms with van der Waals surface area (Å²) in [5.41, 5.74) is 1.47. The van der Waals surface area contributed by atoms with Gasteiger partial charge in [0.15, 0.2) is 0 Å². The molecule has 1 aromatic carbocycles. The van der Waals surface area contributed by atoms with Gasteiger partial charge < -0.3 is 10.2 Å². The highest BCUT2D eigenvalue weighted by Crippen LogP contribution is 2.21. The van der Waals surface area contributed by atoms with E-state index in [1.165, 1.54) is 37.9 Å². The number of carbonyl (C=O) groups excluding carboxylic acids is 1. The van der Waals surface area contributed by atoms with E-state index in [1.807, 2.05) is 0 Å².